The maximum Gasteiger partial charge on any atom is 0.257 e. The van der Waals surface area contributed by atoms with Gasteiger partial charge in [0.1, 0.15) is 5.00 Å². The summed E-state index contributed by atoms with van der Waals surface area (Å²) >= 11 is 1.46. The Hall–Kier alpha value is -3.58. The summed E-state index contributed by atoms with van der Waals surface area (Å²) in [6.45, 7) is 2.20. The first kappa shape index (κ1) is 20.3. The standard InChI is InChI=1S/C25H22N4O2S/c1-14-9-10-16-21(12-14)32-25(22(16)23(26)30)29-24(31)17-13-20(19-8-4-5-11-27-19)28-18-7-3-2-6-15(17)18/h2-8,11,13-14H,9-10,12H2,1H3,(H2,26,30)(H,29,31)/t14-/m0/s1. The molecule has 1 atom stereocenters. The first-order valence-corrected chi connectivity index (χ1v) is 11.4. The third-order valence-corrected chi connectivity index (χ3v) is 7.04. The Morgan fingerprint density at radius 2 is 1.94 bits per heavy atom. The summed E-state index contributed by atoms with van der Waals surface area (Å²) in [5.41, 5.74) is 9.65. The number of pyridine rings is 2. The number of rotatable bonds is 4. The van der Waals surface area contributed by atoms with Crippen LogP contribution in [0.3, 0.4) is 0 Å². The molecule has 1 aliphatic carbocycles. The van der Waals surface area contributed by atoms with Crippen LogP contribution in [0.1, 0.15) is 44.5 Å². The minimum absolute atomic E-state index is 0.296. The highest BCUT2D eigenvalue weighted by Crippen LogP contribution is 2.39. The zero-order chi connectivity index (χ0) is 22.2. The predicted octanol–water partition coefficient (Wildman–Crippen LogP) is 4.83. The molecule has 5 rings (SSSR count). The number of hydrogen-bond donors (Lipinski definition) is 2. The second kappa shape index (κ2) is 8.16. The van der Waals surface area contributed by atoms with Crippen LogP contribution in [-0.2, 0) is 12.8 Å². The van der Waals surface area contributed by atoms with Gasteiger partial charge in [-0.3, -0.25) is 14.6 Å². The molecule has 0 saturated heterocycles. The number of para-hydroxylation sites is 1. The van der Waals surface area contributed by atoms with Gasteiger partial charge >= 0.3 is 0 Å². The summed E-state index contributed by atoms with van der Waals surface area (Å²) in [4.78, 5) is 35.9. The molecule has 0 radical (unpaired) electrons. The number of hydrogen-bond acceptors (Lipinski definition) is 5. The smallest absolute Gasteiger partial charge is 0.257 e. The van der Waals surface area contributed by atoms with Gasteiger partial charge in [-0.2, -0.15) is 0 Å². The average Bonchev–Trinajstić information content (AvgIpc) is 3.15. The van der Waals surface area contributed by atoms with Gasteiger partial charge in [-0.1, -0.05) is 31.2 Å². The lowest BCUT2D eigenvalue weighted by atomic mass is 9.88. The minimum Gasteiger partial charge on any atom is -0.365 e. The van der Waals surface area contributed by atoms with Crippen LogP contribution in [0.2, 0.25) is 0 Å². The number of carbonyl (C=O) groups is 2. The number of nitrogens with two attached hydrogens (primary N) is 1. The number of benzene rings is 1. The molecule has 0 unspecified atom stereocenters. The van der Waals surface area contributed by atoms with Crippen LogP contribution in [-0.4, -0.2) is 21.8 Å². The summed E-state index contributed by atoms with van der Waals surface area (Å²) in [6, 6.07) is 14.8. The van der Waals surface area contributed by atoms with E-state index in [-0.39, 0.29) is 5.91 Å². The van der Waals surface area contributed by atoms with Gasteiger partial charge in [0.15, 0.2) is 0 Å². The van der Waals surface area contributed by atoms with E-state index >= 15 is 0 Å². The molecule has 0 saturated carbocycles. The van der Waals surface area contributed by atoms with E-state index in [1.54, 1.807) is 12.3 Å². The Morgan fingerprint density at radius 1 is 1.12 bits per heavy atom. The van der Waals surface area contributed by atoms with E-state index < -0.39 is 5.91 Å². The van der Waals surface area contributed by atoms with Crippen molar-refractivity contribution >= 4 is 39.1 Å². The molecule has 0 spiro atoms. The molecule has 160 valence electrons. The van der Waals surface area contributed by atoms with Crippen molar-refractivity contribution in [2.45, 2.75) is 26.2 Å². The largest absolute Gasteiger partial charge is 0.365 e. The SMILES string of the molecule is C[C@H]1CCc2c(sc(NC(=O)c3cc(-c4ccccn4)nc4ccccc34)c2C(N)=O)C1. The number of fused-ring (bicyclic) bond motifs is 2. The van der Waals surface area contributed by atoms with Crippen LogP contribution in [0.15, 0.2) is 54.7 Å². The van der Waals surface area contributed by atoms with Crippen LogP contribution >= 0.6 is 11.3 Å². The van der Waals surface area contributed by atoms with Gasteiger partial charge in [0, 0.05) is 16.5 Å². The second-order valence-corrected chi connectivity index (χ2v) is 9.27. The zero-order valence-corrected chi connectivity index (χ0v) is 18.4. The molecule has 1 aliphatic rings. The van der Waals surface area contributed by atoms with E-state index in [1.807, 2.05) is 42.5 Å². The minimum atomic E-state index is -0.499. The maximum absolute atomic E-state index is 13.5. The molecule has 3 N–H and O–H groups in total. The van der Waals surface area contributed by atoms with Crippen LogP contribution in [0, 0.1) is 5.92 Å². The van der Waals surface area contributed by atoms with Crippen molar-refractivity contribution in [3.63, 3.8) is 0 Å². The Bertz CT molecular complexity index is 1350. The first-order chi connectivity index (χ1) is 15.5. The number of nitrogens with one attached hydrogen (secondary N) is 1. The highest BCUT2D eigenvalue weighted by atomic mass is 32.1. The fraction of sp³-hybridized carbons (Fsp3) is 0.200. The zero-order valence-electron chi connectivity index (χ0n) is 17.6. The van der Waals surface area contributed by atoms with Gasteiger partial charge < -0.3 is 11.1 Å². The van der Waals surface area contributed by atoms with E-state index in [0.717, 1.165) is 35.1 Å². The average molecular weight is 443 g/mol. The van der Waals surface area contributed by atoms with Crippen molar-refractivity contribution in [1.82, 2.24) is 9.97 Å². The molecule has 32 heavy (non-hydrogen) atoms. The Kier molecular flexibility index (Phi) is 5.19. The predicted molar refractivity (Wildman–Crippen MR) is 127 cm³/mol. The number of aromatic nitrogens is 2. The van der Waals surface area contributed by atoms with Crippen molar-refractivity contribution in [2.75, 3.05) is 5.32 Å². The lowest BCUT2D eigenvalue weighted by Crippen LogP contribution is -2.19. The molecular weight excluding hydrogens is 420 g/mol. The molecule has 0 bridgehead atoms. The quantitative estimate of drug-likeness (QED) is 0.473. The highest BCUT2D eigenvalue weighted by Gasteiger charge is 2.28. The van der Waals surface area contributed by atoms with Crippen molar-refractivity contribution in [3.05, 3.63) is 76.3 Å². The molecule has 3 heterocycles. The van der Waals surface area contributed by atoms with E-state index in [2.05, 4.69) is 22.2 Å². The maximum atomic E-state index is 13.5. The molecule has 0 fully saturated rings. The molecule has 6 nitrogen and oxygen atoms in total. The fourth-order valence-corrected chi connectivity index (χ4v) is 5.69. The second-order valence-electron chi connectivity index (χ2n) is 8.16. The molecular formula is C25H22N4O2S. The topological polar surface area (TPSA) is 98.0 Å². The lowest BCUT2D eigenvalue weighted by Gasteiger charge is -2.18. The van der Waals surface area contributed by atoms with Crippen molar-refractivity contribution in [2.24, 2.45) is 11.7 Å². The van der Waals surface area contributed by atoms with Crippen LogP contribution in [0.25, 0.3) is 22.3 Å². The Morgan fingerprint density at radius 3 is 2.72 bits per heavy atom. The molecule has 1 aromatic carbocycles. The number of primary amides is 1. The van der Waals surface area contributed by atoms with E-state index in [9.17, 15) is 9.59 Å². The lowest BCUT2D eigenvalue weighted by molar-refractivity contribution is 0.1000. The summed E-state index contributed by atoms with van der Waals surface area (Å²) in [5.74, 6) is -0.244. The Labute approximate surface area is 189 Å². The van der Waals surface area contributed by atoms with Gasteiger partial charge in [-0.05, 0) is 55.0 Å². The number of amides is 2. The van der Waals surface area contributed by atoms with Gasteiger partial charge in [-0.25, -0.2) is 4.98 Å². The number of nitrogens with zero attached hydrogens (tertiary/aromatic N) is 2. The Balaban J connectivity index is 1.58. The third-order valence-electron chi connectivity index (χ3n) is 5.87. The molecule has 4 aromatic rings. The normalized spacial score (nSPS) is 15.3. The fourth-order valence-electron chi connectivity index (χ4n) is 4.28. The summed E-state index contributed by atoms with van der Waals surface area (Å²) in [5, 5.41) is 4.25. The molecule has 2 amide bonds. The van der Waals surface area contributed by atoms with Gasteiger partial charge in [0.05, 0.1) is 28.0 Å². The number of anilines is 1. The summed E-state index contributed by atoms with van der Waals surface area (Å²) < 4.78 is 0. The van der Waals surface area contributed by atoms with Gasteiger partial charge in [-0.15, -0.1) is 11.3 Å². The number of thiophene rings is 1. The summed E-state index contributed by atoms with van der Waals surface area (Å²) in [6.07, 6.45) is 4.42. The van der Waals surface area contributed by atoms with E-state index in [1.165, 1.54) is 11.3 Å². The van der Waals surface area contributed by atoms with Gasteiger partial charge in [0.2, 0.25) is 0 Å². The molecule has 0 aliphatic heterocycles. The van der Waals surface area contributed by atoms with Crippen LogP contribution in [0.5, 0.6) is 0 Å². The highest BCUT2D eigenvalue weighted by molar-refractivity contribution is 7.17. The van der Waals surface area contributed by atoms with Crippen molar-refractivity contribution < 1.29 is 9.59 Å². The monoisotopic (exact) mass is 442 g/mol. The summed E-state index contributed by atoms with van der Waals surface area (Å²) in [7, 11) is 0. The molecule has 3 aromatic heterocycles. The third kappa shape index (κ3) is 3.65. The van der Waals surface area contributed by atoms with Crippen molar-refractivity contribution in [3.8, 4) is 11.4 Å². The number of carbonyl (C=O) groups excluding carboxylic acids is 2. The van der Waals surface area contributed by atoms with E-state index in [0.29, 0.717) is 39.0 Å². The first-order valence-electron chi connectivity index (χ1n) is 10.6. The van der Waals surface area contributed by atoms with E-state index in [4.69, 9.17) is 5.73 Å². The van der Waals surface area contributed by atoms with Gasteiger partial charge in [0.25, 0.3) is 11.8 Å². The van der Waals surface area contributed by atoms with Crippen LogP contribution < -0.4 is 11.1 Å². The van der Waals surface area contributed by atoms with Crippen LogP contribution in [0.4, 0.5) is 5.00 Å². The molecule has 7 heteroatoms. The van der Waals surface area contributed by atoms with Crippen molar-refractivity contribution in [1.29, 1.82) is 0 Å².